The number of hydrogen-bond donors (Lipinski definition) is 1. The van der Waals surface area contributed by atoms with Gasteiger partial charge in [0.1, 0.15) is 0 Å². The molecule has 3 nitrogen and oxygen atoms in total. The second-order valence-electron chi connectivity index (χ2n) is 3.34. The van der Waals surface area contributed by atoms with Gasteiger partial charge in [-0.2, -0.15) is 5.10 Å². The molecule has 1 saturated carbocycles. The summed E-state index contributed by atoms with van der Waals surface area (Å²) in [6.45, 7) is 2.09. The summed E-state index contributed by atoms with van der Waals surface area (Å²) < 4.78 is 1.94. The molecule has 0 bridgehead atoms. The summed E-state index contributed by atoms with van der Waals surface area (Å²) in [5.74, 6) is 0.572. The molecule has 11 heavy (non-hydrogen) atoms. The number of nitrogens with zero attached hydrogens (tertiary/aromatic N) is 2. The largest absolute Gasteiger partial charge is 0.327 e. The first kappa shape index (κ1) is 6.85. The molecule has 1 aromatic rings. The van der Waals surface area contributed by atoms with Crippen molar-refractivity contribution in [3.05, 3.63) is 17.5 Å². The fourth-order valence-corrected chi connectivity index (χ4v) is 1.62. The van der Waals surface area contributed by atoms with Gasteiger partial charge >= 0.3 is 0 Å². The van der Waals surface area contributed by atoms with E-state index in [1.54, 1.807) is 0 Å². The van der Waals surface area contributed by atoms with Crippen molar-refractivity contribution >= 4 is 0 Å². The Morgan fingerprint density at radius 1 is 1.73 bits per heavy atom. The van der Waals surface area contributed by atoms with Gasteiger partial charge in [-0.1, -0.05) is 0 Å². The zero-order valence-corrected chi connectivity index (χ0v) is 6.91. The van der Waals surface area contributed by atoms with Crippen LogP contribution in [0.1, 0.15) is 23.6 Å². The average molecular weight is 151 g/mol. The summed E-state index contributed by atoms with van der Waals surface area (Å²) in [6.07, 6.45) is 3.03. The maximum atomic E-state index is 5.75. The molecule has 2 atom stereocenters. The summed E-state index contributed by atoms with van der Waals surface area (Å²) in [5, 5.41) is 4.17. The topological polar surface area (TPSA) is 43.8 Å². The lowest BCUT2D eigenvalue weighted by molar-refractivity contribution is 0.705. The van der Waals surface area contributed by atoms with Crippen LogP contribution in [0.2, 0.25) is 0 Å². The van der Waals surface area contributed by atoms with Gasteiger partial charge in [-0.05, 0) is 18.9 Å². The minimum atomic E-state index is 0.379. The van der Waals surface area contributed by atoms with Crippen LogP contribution in [0.25, 0.3) is 0 Å². The summed E-state index contributed by atoms with van der Waals surface area (Å²) in [6, 6.07) is 0.379. The van der Waals surface area contributed by atoms with Gasteiger partial charge in [-0.3, -0.25) is 4.68 Å². The van der Waals surface area contributed by atoms with Crippen molar-refractivity contribution in [1.82, 2.24) is 9.78 Å². The molecule has 1 heterocycles. The highest BCUT2D eigenvalue weighted by Gasteiger charge is 2.37. The Labute approximate surface area is 66.2 Å². The van der Waals surface area contributed by atoms with Gasteiger partial charge < -0.3 is 5.73 Å². The van der Waals surface area contributed by atoms with Crippen LogP contribution < -0.4 is 5.73 Å². The van der Waals surface area contributed by atoms with Crippen LogP contribution in [0.15, 0.2) is 6.20 Å². The zero-order valence-electron chi connectivity index (χ0n) is 6.91. The van der Waals surface area contributed by atoms with Gasteiger partial charge in [0.15, 0.2) is 0 Å². The van der Waals surface area contributed by atoms with Crippen molar-refractivity contribution in [3.8, 4) is 0 Å². The van der Waals surface area contributed by atoms with E-state index in [-0.39, 0.29) is 0 Å². The summed E-state index contributed by atoms with van der Waals surface area (Å²) >= 11 is 0. The number of aromatic nitrogens is 2. The Balaban J connectivity index is 2.36. The Morgan fingerprint density at radius 3 is 2.73 bits per heavy atom. The third-order valence-corrected chi connectivity index (χ3v) is 2.37. The van der Waals surface area contributed by atoms with Gasteiger partial charge in [0, 0.05) is 24.7 Å². The molecule has 60 valence electrons. The van der Waals surface area contributed by atoms with Crippen molar-refractivity contribution in [3.63, 3.8) is 0 Å². The van der Waals surface area contributed by atoms with Crippen LogP contribution in [-0.4, -0.2) is 15.8 Å². The van der Waals surface area contributed by atoms with Crippen LogP contribution in [-0.2, 0) is 7.05 Å². The highest BCUT2D eigenvalue weighted by Crippen LogP contribution is 2.39. The standard InChI is InChI=1S/C8H13N3/c1-5-4-10-11(2)8(5)6-3-7(6)9/h4,6-7H,3,9H2,1-2H3/t6-,7-/m1/s1. The van der Waals surface area contributed by atoms with E-state index in [1.165, 1.54) is 11.3 Å². The van der Waals surface area contributed by atoms with Gasteiger partial charge in [0.05, 0.1) is 6.20 Å². The lowest BCUT2D eigenvalue weighted by Gasteiger charge is -2.00. The average Bonchev–Trinajstić information content (AvgIpc) is 2.54. The van der Waals surface area contributed by atoms with Gasteiger partial charge in [0.2, 0.25) is 0 Å². The molecule has 0 spiro atoms. The zero-order chi connectivity index (χ0) is 8.01. The second kappa shape index (κ2) is 2.08. The Morgan fingerprint density at radius 2 is 2.36 bits per heavy atom. The van der Waals surface area contributed by atoms with E-state index in [4.69, 9.17) is 5.73 Å². The third kappa shape index (κ3) is 0.959. The van der Waals surface area contributed by atoms with Crippen molar-refractivity contribution in [2.24, 2.45) is 12.8 Å². The molecule has 0 amide bonds. The van der Waals surface area contributed by atoms with Gasteiger partial charge in [-0.25, -0.2) is 0 Å². The first-order chi connectivity index (χ1) is 5.20. The van der Waals surface area contributed by atoms with E-state index in [0.29, 0.717) is 12.0 Å². The Hall–Kier alpha value is -0.830. The molecule has 3 heteroatoms. The quantitative estimate of drug-likeness (QED) is 0.636. The van der Waals surface area contributed by atoms with E-state index >= 15 is 0 Å². The number of nitrogens with two attached hydrogens (primary N) is 1. The molecular weight excluding hydrogens is 138 g/mol. The maximum Gasteiger partial charge on any atom is 0.0521 e. The number of hydrogen-bond acceptors (Lipinski definition) is 2. The number of rotatable bonds is 1. The molecule has 0 radical (unpaired) electrons. The molecule has 0 aliphatic heterocycles. The van der Waals surface area contributed by atoms with Crippen LogP contribution in [0.5, 0.6) is 0 Å². The van der Waals surface area contributed by atoms with Crippen molar-refractivity contribution < 1.29 is 0 Å². The lowest BCUT2D eigenvalue weighted by atomic mass is 10.2. The molecule has 1 aliphatic rings. The lowest BCUT2D eigenvalue weighted by Crippen LogP contribution is -2.05. The summed E-state index contributed by atoms with van der Waals surface area (Å²) in [4.78, 5) is 0. The van der Waals surface area contributed by atoms with Crippen molar-refractivity contribution in [2.45, 2.75) is 25.3 Å². The minimum Gasteiger partial charge on any atom is -0.327 e. The van der Waals surface area contributed by atoms with Crippen LogP contribution in [0.4, 0.5) is 0 Å². The monoisotopic (exact) mass is 151 g/mol. The maximum absolute atomic E-state index is 5.75. The SMILES string of the molecule is Cc1cnn(C)c1[C@@H]1C[C@H]1N. The molecule has 2 N–H and O–H groups in total. The van der Waals surface area contributed by atoms with E-state index < -0.39 is 0 Å². The van der Waals surface area contributed by atoms with Gasteiger partial charge in [0.25, 0.3) is 0 Å². The Kier molecular flexibility index (Phi) is 1.29. The summed E-state index contributed by atoms with van der Waals surface area (Å²) in [5.41, 5.74) is 8.34. The highest BCUT2D eigenvalue weighted by atomic mass is 15.3. The van der Waals surface area contributed by atoms with Crippen LogP contribution in [0.3, 0.4) is 0 Å². The normalized spacial score (nSPS) is 29.0. The van der Waals surface area contributed by atoms with E-state index in [9.17, 15) is 0 Å². The Bertz CT molecular complexity index is 257. The molecule has 1 fully saturated rings. The number of aryl methyl sites for hydroxylation is 2. The van der Waals surface area contributed by atoms with Gasteiger partial charge in [-0.15, -0.1) is 0 Å². The molecule has 0 saturated heterocycles. The minimum absolute atomic E-state index is 0.379. The molecule has 2 rings (SSSR count). The van der Waals surface area contributed by atoms with Crippen LogP contribution >= 0.6 is 0 Å². The molecule has 1 aliphatic carbocycles. The molecule has 0 aromatic carbocycles. The molecule has 0 unspecified atom stereocenters. The fourth-order valence-electron chi connectivity index (χ4n) is 1.62. The molecular formula is C8H13N3. The van der Waals surface area contributed by atoms with E-state index in [1.807, 2.05) is 17.9 Å². The van der Waals surface area contributed by atoms with E-state index in [2.05, 4.69) is 12.0 Å². The van der Waals surface area contributed by atoms with Crippen LogP contribution in [0, 0.1) is 6.92 Å². The first-order valence-electron chi connectivity index (χ1n) is 3.94. The summed E-state index contributed by atoms with van der Waals surface area (Å²) in [7, 11) is 1.98. The smallest absolute Gasteiger partial charge is 0.0521 e. The second-order valence-corrected chi connectivity index (χ2v) is 3.34. The van der Waals surface area contributed by atoms with E-state index in [0.717, 1.165) is 6.42 Å². The predicted octanol–water partition coefficient (Wildman–Crippen LogP) is 0.543. The third-order valence-electron chi connectivity index (χ3n) is 2.37. The van der Waals surface area contributed by atoms with Crippen molar-refractivity contribution in [1.29, 1.82) is 0 Å². The predicted molar refractivity (Wildman–Crippen MR) is 43.3 cm³/mol. The highest BCUT2D eigenvalue weighted by molar-refractivity contribution is 5.27. The van der Waals surface area contributed by atoms with Crippen molar-refractivity contribution in [2.75, 3.05) is 0 Å². The first-order valence-corrected chi connectivity index (χ1v) is 3.94. The molecule has 1 aromatic heterocycles. The fraction of sp³-hybridized carbons (Fsp3) is 0.625.